The molecular formula is C20H20N2O6. The highest BCUT2D eigenvalue weighted by atomic mass is 16.5. The third-order valence-electron chi connectivity index (χ3n) is 4.42. The molecule has 0 atom stereocenters. The van der Waals surface area contributed by atoms with E-state index in [0.29, 0.717) is 16.5 Å². The summed E-state index contributed by atoms with van der Waals surface area (Å²) in [6.07, 6.45) is 1.21. The number of aryl methyl sites for hydroxylation is 1. The zero-order chi connectivity index (χ0) is 20.4. The molecule has 28 heavy (non-hydrogen) atoms. The number of carbonyl (C=O) groups excluding carboxylic acids is 1. The number of hydrogen-bond donors (Lipinski definition) is 1. The SMILES string of the molecule is Cc1cc2oc(=O)cc(COC(=O)Cn3ccc(=O)[nH]c3=O)c2cc1C(C)C. The van der Waals surface area contributed by atoms with Gasteiger partial charge in [-0.1, -0.05) is 13.8 Å². The molecule has 0 saturated heterocycles. The first kappa shape index (κ1) is 19.3. The van der Waals surface area contributed by atoms with Crippen molar-refractivity contribution in [3.63, 3.8) is 0 Å². The third-order valence-corrected chi connectivity index (χ3v) is 4.42. The minimum Gasteiger partial charge on any atom is -0.459 e. The van der Waals surface area contributed by atoms with Crippen molar-refractivity contribution in [1.29, 1.82) is 0 Å². The van der Waals surface area contributed by atoms with Gasteiger partial charge in [0.2, 0.25) is 0 Å². The van der Waals surface area contributed by atoms with Crippen LogP contribution in [-0.2, 0) is 22.7 Å². The van der Waals surface area contributed by atoms with Gasteiger partial charge in [-0.25, -0.2) is 9.59 Å². The number of ether oxygens (including phenoxy) is 1. The molecule has 1 aromatic carbocycles. The summed E-state index contributed by atoms with van der Waals surface area (Å²) < 4.78 is 11.5. The van der Waals surface area contributed by atoms with E-state index in [4.69, 9.17) is 9.15 Å². The van der Waals surface area contributed by atoms with Crippen LogP contribution in [0.15, 0.2) is 49.3 Å². The van der Waals surface area contributed by atoms with Crippen LogP contribution in [0.3, 0.4) is 0 Å². The van der Waals surface area contributed by atoms with E-state index in [1.54, 1.807) is 6.07 Å². The summed E-state index contributed by atoms with van der Waals surface area (Å²) >= 11 is 0. The van der Waals surface area contributed by atoms with Crippen LogP contribution in [0.1, 0.15) is 36.5 Å². The Kier molecular flexibility index (Phi) is 5.30. The summed E-state index contributed by atoms with van der Waals surface area (Å²) in [7, 11) is 0. The number of aromatic amines is 1. The zero-order valence-corrected chi connectivity index (χ0v) is 15.8. The summed E-state index contributed by atoms with van der Waals surface area (Å²) in [5.74, 6) is -0.398. The van der Waals surface area contributed by atoms with Crippen molar-refractivity contribution in [2.45, 2.75) is 39.8 Å². The van der Waals surface area contributed by atoms with Gasteiger partial charge in [-0.2, -0.15) is 0 Å². The lowest BCUT2D eigenvalue weighted by atomic mass is 9.95. The topological polar surface area (TPSA) is 111 Å². The van der Waals surface area contributed by atoms with E-state index in [2.05, 4.69) is 18.8 Å². The van der Waals surface area contributed by atoms with E-state index >= 15 is 0 Å². The van der Waals surface area contributed by atoms with Gasteiger partial charge in [-0.15, -0.1) is 0 Å². The maximum atomic E-state index is 12.1. The Balaban J connectivity index is 1.86. The fourth-order valence-corrected chi connectivity index (χ4v) is 3.04. The van der Waals surface area contributed by atoms with Crippen LogP contribution in [0, 0.1) is 6.92 Å². The molecule has 0 amide bonds. The molecule has 0 radical (unpaired) electrons. The van der Waals surface area contributed by atoms with Crippen LogP contribution in [0.5, 0.6) is 0 Å². The molecule has 8 heteroatoms. The quantitative estimate of drug-likeness (QED) is 0.530. The average Bonchev–Trinajstić information content (AvgIpc) is 2.61. The summed E-state index contributed by atoms with van der Waals surface area (Å²) in [6.45, 7) is 5.58. The van der Waals surface area contributed by atoms with Crippen LogP contribution in [0.2, 0.25) is 0 Å². The number of nitrogens with zero attached hydrogens (tertiary/aromatic N) is 1. The number of H-pyrrole nitrogens is 1. The molecule has 2 heterocycles. The van der Waals surface area contributed by atoms with Gasteiger partial charge in [0, 0.05) is 29.3 Å². The molecule has 0 unspecified atom stereocenters. The number of esters is 1. The number of aromatic nitrogens is 2. The standard InChI is InChI=1S/C20H20N2O6/c1-11(2)14-8-15-13(7-18(24)28-16(15)6-12(14)3)10-27-19(25)9-22-5-4-17(23)21-20(22)26/h4-8,11H,9-10H2,1-3H3,(H,21,23,26). The van der Waals surface area contributed by atoms with E-state index in [1.807, 2.05) is 13.0 Å². The molecule has 0 aliphatic rings. The molecule has 3 rings (SSSR count). The monoisotopic (exact) mass is 384 g/mol. The summed E-state index contributed by atoms with van der Waals surface area (Å²) in [5, 5.41) is 0.697. The maximum absolute atomic E-state index is 12.1. The Morgan fingerprint density at radius 1 is 1.21 bits per heavy atom. The second-order valence-electron chi connectivity index (χ2n) is 6.85. The molecule has 0 aliphatic carbocycles. The van der Waals surface area contributed by atoms with Crippen molar-refractivity contribution in [2.24, 2.45) is 0 Å². The van der Waals surface area contributed by atoms with Crippen LogP contribution in [0.25, 0.3) is 11.0 Å². The van der Waals surface area contributed by atoms with Gasteiger partial charge in [0.05, 0.1) is 0 Å². The van der Waals surface area contributed by atoms with Crippen molar-refractivity contribution in [3.8, 4) is 0 Å². The van der Waals surface area contributed by atoms with Crippen molar-refractivity contribution in [2.75, 3.05) is 0 Å². The van der Waals surface area contributed by atoms with Crippen LogP contribution < -0.4 is 16.9 Å². The fourth-order valence-electron chi connectivity index (χ4n) is 3.04. The summed E-state index contributed by atoms with van der Waals surface area (Å²) in [6, 6.07) is 6.17. The molecule has 3 aromatic rings. The average molecular weight is 384 g/mol. The smallest absolute Gasteiger partial charge is 0.336 e. The fraction of sp³-hybridized carbons (Fsp3) is 0.300. The van der Waals surface area contributed by atoms with E-state index in [0.717, 1.165) is 21.8 Å². The van der Waals surface area contributed by atoms with Crippen LogP contribution in [0.4, 0.5) is 0 Å². The molecule has 0 aliphatic heterocycles. The molecule has 146 valence electrons. The first-order valence-electron chi connectivity index (χ1n) is 8.77. The minimum atomic E-state index is -0.702. The highest BCUT2D eigenvalue weighted by Gasteiger charge is 2.13. The van der Waals surface area contributed by atoms with Gasteiger partial charge in [-0.05, 0) is 36.1 Å². The van der Waals surface area contributed by atoms with Crippen molar-refractivity contribution >= 4 is 16.9 Å². The largest absolute Gasteiger partial charge is 0.459 e. The number of fused-ring (bicyclic) bond motifs is 1. The predicted molar refractivity (Wildman–Crippen MR) is 102 cm³/mol. The van der Waals surface area contributed by atoms with E-state index in [9.17, 15) is 19.2 Å². The molecule has 0 saturated carbocycles. The van der Waals surface area contributed by atoms with Gasteiger partial charge >= 0.3 is 17.3 Å². The van der Waals surface area contributed by atoms with E-state index in [-0.39, 0.29) is 19.1 Å². The van der Waals surface area contributed by atoms with E-state index < -0.39 is 22.8 Å². The Morgan fingerprint density at radius 3 is 2.64 bits per heavy atom. The van der Waals surface area contributed by atoms with Crippen molar-refractivity contribution < 1.29 is 13.9 Å². The lowest BCUT2D eigenvalue weighted by molar-refractivity contribution is -0.145. The van der Waals surface area contributed by atoms with Gasteiger partial charge < -0.3 is 9.15 Å². The lowest BCUT2D eigenvalue weighted by Crippen LogP contribution is -2.31. The number of nitrogens with one attached hydrogen (secondary N) is 1. The van der Waals surface area contributed by atoms with Crippen molar-refractivity contribution in [1.82, 2.24) is 9.55 Å². The Morgan fingerprint density at radius 2 is 1.96 bits per heavy atom. The Hall–Kier alpha value is -3.42. The lowest BCUT2D eigenvalue weighted by Gasteiger charge is -2.13. The molecule has 2 aromatic heterocycles. The molecule has 0 bridgehead atoms. The highest BCUT2D eigenvalue weighted by molar-refractivity contribution is 5.82. The van der Waals surface area contributed by atoms with Crippen LogP contribution in [-0.4, -0.2) is 15.5 Å². The van der Waals surface area contributed by atoms with Crippen molar-refractivity contribution in [3.05, 3.63) is 78.4 Å². The minimum absolute atomic E-state index is 0.139. The first-order chi connectivity index (χ1) is 13.2. The highest BCUT2D eigenvalue weighted by Crippen LogP contribution is 2.27. The molecule has 8 nitrogen and oxygen atoms in total. The van der Waals surface area contributed by atoms with Gasteiger partial charge in [0.1, 0.15) is 18.7 Å². The predicted octanol–water partition coefficient (Wildman–Crippen LogP) is 1.82. The summed E-state index contributed by atoms with van der Waals surface area (Å²) in [5.41, 5.74) is 1.28. The van der Waals surface area contributed by atoms with E-state index in [1.165, 1.54) is 12.3 Å². The molecule has 1 N–H and O–H groups in total. The van der Waals surface area contributed by atoms with Gasteiger partial charge in [0.25, 0.3) is 5.56 Å². The Bertz CT molecular complexity index is 1220. The normalized spacial score (nSPS) is 11.1. The second kappa shape index (κ2) is 7.67. The van der Waals surface area contributed by atoms with Gasteiger partial charge in [0.15, 0.2) is 0 Å². The molecule has 0 spiro atoms. The number of hydrogen-bond acceptors (Lipinski definition) is 6. The summed E-state index contributed by atoms with van der Waals surface area (Å²) in [4.78, 5) is 48.7. The number of rotatable bonds is 5. The number of benzene rings is 1. The second-order valence-corrected chi connectivity index (χ2v) is 6.85. The number of carbonyl (C=O) groups is 1. The molecular weight excluding hydrogens is 364 g/mol. The maximum Gasteiger partial charge on any atom is 0.336 e. The Labute approximate surface area is 159 Å². The van der Waals surface area contributed by atoms with Gasteiger partial charge in [-0.3, -0.25) is 19.1 Å². The molecule has 0 fully saturated rings. The third kappa shape index (κ3) is 4.11. The zero-order valence-electron chi connectivity index (χ0n) is 15.8. The van der Waals surface area contributed by atoms with Crippen LogP contribution >= 0.6 is 0 Å². The first-order valence-corrected chi connectivity index (χ1v) is 8.77.